The minimum atomic E-state index is -0.116. The zero-order valence-corrected chi connectivity index (χ0v) is 13.5. The van der Waals surface area contributed by atoms with Crippen LogP contribution in [-0.4, -0.2) is 0 Å². The monoisotopic (exact) mass is 391 g/mol. The maximum Gasteiger partial charge on any atom is 0.128 e. The Balaban J connectivity index is 1.82. The maximum absolute atomic E-state index is 14.2. The van der Waals surface area contributed by atoms with Crippen molar-refractivity contribution in [3.63, 3.8) is 0 Å². The number of allylic oxidation sites excluding steroid dienone is 2. The number of rotatable bonds is 1. The molecule has 0 unspecified atom stereocenters. The van der Waals surface area contributed by atoms with Gasteiger partial charge >= 0.3 is 0 Å². The Morgan fingerprint density at radius 3 is 2.81 bits per heavy atom. The van der Waals surface area contributed by atoms with Crippen molar-refractivity contribution in [2.75, 3.05) is 5.32 Å². The van der Waals surface area contributed by atoms with Crippen LogP contribution in [0.3, 0.4) is 0 Å². The van der Waals surface area contributed by atoms with E-state index in [0.717, 1.165) is 17.7 Å². The van der Waals surface area contributed by atoms with Gasteiger partial charge < -0.3 is 5.32 Å². The largest absolute Gasteiger partial charge is 0.378 e. The molecule has 21 heavy (non-hydrogen) atoms. The fourth-order valence-electron chi connectivity index (χ4n) is 3.60. The first-order valence-corrected chi connectivity index (χ1v) is 8.29. The fraction of sp³-hybridized carbons (Fsp3) is 0.222. The second-order valence-corrected chi connectivity index (χ2v) is 6.97. The zero-order valence-electron chi connectivity index (χ0n) is 11.4. The number of anilines is 1. The van der Waals surface area contributed by atoms with E-state index in [1.165, 1.54) is 9.13 Å². The zero-order chi connectivity index (χ0) is 14.4. The number of benzene rings is 2. The van der Waals surface area contributed by atoms with Crippen LogP contribution in [0.4, 0.5) is 10.1 Å². The number of hydrogen-bond donors (Lipinski definition) is 1. The van der Waals surface area contributed by atoms with Crippen LogP contribution in [0.5, 0.6) is 0 Å². The van der Waals surface area contributed by atoms with Crippen LogP contribution in [-0.2, 0) is 0 Å². The van der Waals surface area contributed by atoms with Gasteiger partial charge in [-0.15, -0.1) is 0 Å². The summed E-state index contributed by atoms with van der Waals surface area (Å²) in [6.45, 7) is 0. The molecule has 2 aromatic carbocycles. The van der Waals surface area contributed by atoms with Crippen LogP contribution in [0.25, 0.3) is 0 Å². The summed E-state index contributed by atoms with van der Waals surface area (Å²) in [4.78, 5) is 0. The van der Waals surface area contributed by atoms with Gasteiger partial charge in [0.1, 0.15) is 5.82 Å². The van der Waals surface area contributed by atoms with E-state index in [1.807, 2.05) is 12.1 Å². The highest BCUT2D eigenvalue weighted by Crippen LogP contribution is 2.50. The van der Waals surface area contributed by atoms with Crippen LogP contribution in [0, 0.1) is 15.3 Å². The summed E-state index contributed by atoms with van der Waals surface area (Å²) in [5.41, 5.74) is 3.25. The van der Waals surface area contributed by atoms with E-state index in [2.05, 4.69) is 58.3 Å². The van der Waals surface area contributed by atoms with Crippen molar-refractivity contribution >= 4 is 28.3 Å². The molecule has 1 aliphatic heterocycles. The second-order valence-electron chi connectivity index (χ2n) is 5.73. The smallest absolute Gasteiger partial charge is 0.128 e. The minimum Gasteiger partial charge on any atom is -0.378 e. The predicted octanol–water partition coefficient (Wildman–Crippen LogP) is 5.26. The lowest BCUT2D eigenvalue weighted by Crippen LogP contribution is -2.29. The standard InChI is InChI=1S/C18H15FIN/c19-16-7-2-1-4-14(16)18-13-6-3-5-12(13)15-10-11(20)8-9-17(15)21-18/h1-5,7-10,12-13,18,21H,6H2/t12-,13+,18-/m1/s1. The number of hydrogen-bond acceptors (Lipinski definition) is 1. The molecule has 2 aliphatic rings. The Hall–Kier alpha value is -1.36. The van der Waals surface area contributed by atoms with Crippen molar-refractivity contribution in [2.45, 2.75) is 18.4 Å². The molecule has 1 nitrogen and oxygen atoms in total. The van der Waals surface area contributed by atoms with Crippen LogP contribution in [0.1, 0.15) is 29.5 Å². The lowest BCUT2D eigenvalue weighted by atomic mass is 9.77. The molecule has 2 aromatic rings. The van der Waals surface area contributed by atoms with E-state index in [4.69, 9.17) is 0 Å². The summed E-state index contributed by atoms with van der Waals surface area (Å²) >= 11 is 2.35. The summed E-state index contributed by atoms with van der Waals surface area (Å²) < 4.78 is 15.5. The van der Waals surface area contributed by atoms with Gasteiger partial charge in [-0.2, -0.15) is 0 Å². The van der Waals surface area contributed by atoms with Crippen LogP contribution >= 0.6 is 22.6 Å². The molecule has 4 rings (SSSR count). The highest BCUT2D eigenvalue weighted by atomic mass is 127. The molecule has 0 saturated carbocycles. The first-order chi connectivity index (χ1) is 10.2. The van der Waals surface area contributed by atoms with E-state index < -0.39 is 0 Å². The minimum absolute atomic E-state index is 0.0405. The van der Waals surface area contributed by atoms with E-state index in [-0.39, 0.29) is 11.9 Å². The van der Waals surface area contributed by atoms with Gasteiger partial charge in [-0.1, -0.05) is 30.4 Å². The van der Waals surface area contributed by atoms with Gasteiger partial charge in [-0.3, -0.25) is 0 Å². The molecule has 0 radical (unpaired) electrons. The molecule has 0 aromatic heterocycles. The fourth-order valence-corrected chi connectivity index (χ4v) is 4.12. The van der Waals surface area contributed by atoms with Crippen LogP contribution in [0.2, 0.25) is 0 Å². The molecule has 0 bridgehead atoms. The van der Waals surface area contributed by atoms with Crippen molar-refractivity contribution in [2.24, 2.45) is 5.92 Å². The summed E-state index contributed by atoms with van der Waals surface area (Å²) in [7, 11) is 0. The summed E-state index contributed by atoms with van der Waals surface area (Å²) in [5, 5.41) is 3.57. The molecule has 1 N–H and O–H groups in total. The molecule has 1 heterocycles. The van der Waals surface area contributed by atoms with Crippen molar-refractivity contribution in [1.29, 1.82) is 0 Å². The molecule has 0 saturated heterocycles. The molecular weight excluding hydrogens is 376 g/mol. The Bertz CT molecular complexity index is 725. The van der Waals surface area contributed by atoms with Gasteiger partial charge in [0, 0.05) is 20.7 Å². The van der Waals surface area contributed by atoms with Crippen molar-refractivity contribution in [3.8, 4) is 0 Å². The first-order valence-electron chi connectivity index (χ1n) is 7.21. The Morgan fingerprint density at radius 1 is 1.10 bits per heavy atom. The average molecular weight is 391 g/mol. The third kappa shape index (κ3) is 2.18. The molecular formula is C18H15FIN. The molecule has 1 aliphatic carbocycles. The lowest BCUT2D eigenvalue weighted by Gasteiger charge is -2.37. The van der Waals surface area contributed by atoms with Crippen molar-refractivity contribution in [3.05, 3.63) is 75.1 Å². The van der Waals surface area contributed by atoms with Gasteiger partial charge in [0.05, 0.1) is 6.04 Å². The molecule has 0 spiro atoms. The Kier molecular flexibility index (Phi) is 3.25. The highest BCUT2D eigenvalue weighted by Gasteiger charge is 2.38. The van der Waals surface area contributed by atoms with Gasteiger partial charge in [-0.05, 0) is 64.8 Å². The van der Waals surface area contributed by atoms with E-state index >= 15 is 0 Å². The molecule has 3 atom stereocenters. The van der Waals surface area contributed by atoms with E-state index in [0.29, 0.717) is 11.8 Å². The Morgan fingerprint density at radius 2 is 1.95 bits per heavy atom. The predicted molar refractivity (Wildman–Crippen MR) is 91.9 cm³/mol. The number of nitrogens with one attached hydrogen (secondary N) is 1. The third-order valence-electron chi connectivity index (χ3n) is 4.57. The van der Waals surface area contributed by atoms with Gasteiger partial charge in [0.2, 0.25) is 0 Å². The maximum atomic E-state index is 14.2. The number of fused-ring (bicyclic) bond motifs is 3. The number of halogens is 2. The second kappa shape index (κ2) is 5.13. The topological polar surface area (TPSA) is 12.0 Å². The van der Waals surface area contributed by atoms with E-state index in [9.17, 15) is 4.39 Å². The van der Waals surface area contributed by atoms with Crippen LogP contribution < -0.4 is 5.32 Å². The van der Waals surface area contributed by atoms with Crippen molar-refractivity contribution in [1.82, 2.24) is 0 Å². The van der Waals surface area contributed by atoms with Gasteiger partial charge in [0.25, 0.3) is 0 Å². The average Bonchev–Trinajstić information content (AvgIpc) is 2.97. The summed E-state index contributed by atoms with van der Waals surface area (Å²) in [5.74, 6) is 0.669. The highest BCUT2D eigenvalue weighted by molar-refractivity contribution is 14.1. The molecule has 0 fully saturated rings. The van der Waals surface area contributed by atoms with Crippen molar-refractivity contribution < 1.29 is 4.39 Å². The SMILES string of the molecule is Fc1ccccc1[C@@H]1Nc2ccc(I)cc2[C@@H]2C=CC[C@@H]21. The molecule has 3 heteroatoms. The molecule has 106 valence electrons. The third-order valence-corrected chi connectivity index (χ3v) is 5.24. The summed E-state index contributed by atoms with van der Waals surface area (Å²) in [6.07, 6.45) is 5.52. The first kappa shape index (κ1) is 13.3. The van der Waals surface area contributed by atoms with E-state index in [1.54, 1.807) is 12.1 Å². The Labute approximate surface area is 137 Å². The summed E-state index contributed by atoms with van der Waals surface area (Å²) in [6, 6.07) is 13.6. The van der Waals surface area contributed by atoms with Gasteiger partial charge in [0.15, 0.2) is 0 Å². The van der Waals surface area contributed by atoms with Gasteiger partial charge in [-0.25, -0.2) is 4.39 Å². The quantitative estimate of drug-likeness (QED) is 0.517. The lowest BCUT2D eigenvalue weighted by molar-refractivity contribution is 0.413. The van der Waals surface area contributed by atoms with Crippen LogP contribution in [0.15, 0.2) is 54.6 Å². The normalized spacial score (nSPS) is 26.1. The molecule has 0 amide bonds.